The number of amides is 1. The van der Waals surface area contributed by atoms with Crippen molar-refractivity contribution in [2.24, 2.45) is 0 Å². The van der Waals surface area contributed by atoms with Gasteiger partial charge in [-0.15, -0.1) is 0 Å². The van der Waals surface area contributed by atoms with Crippen LogP contribution in [-0.4, -0.2) is 19.0 Å². The quantitative estimate of drug-likeness (QED) is 0.925. The molecular weight excluding hydrogens is 320 g/mol. The van der Waals surface area contributed by atoms with Gasteiger partial charge in [0, 0.05) is 24.5 Å². The first kappa shape index (κ1) is 13.2. The molecule has 1 aliphatic heterocycles. The minimum atomic E-state index is -0.181. The molecule has 1 N–H and O–H groups in total. The van der Waals surface area contributed by atoms with Crippen LogP contribution in [0.1, 0.15) is 23.2 Å². The summed E-state index contributed by atoms with van der Waals surface area (Å²) in [5, 5.41) is 2.86. The number of nitrogens with one attached hydrogen (secondary N) is 1. The molecule has 2 heterocycles. The van der Waals surface area contributed by atoms with Crippen molar-refractivity contribution < 1.29 is 9.21 Å². The Balaban J connectivity index is 1.69. The lowest BCUT2D eigenvalue weighted by Crippen LogP contribution is -2.17. The van der Waals surface area contributed by atoms with E-state index in [9.17, 15) is 4.79 Å². The second kappa shape index (κ2) is 5.71. The third-order valence-electron chi connectivity index (χ3n) is 3.46. The van der Waals surface area contributed by atoms with Gasteiger partial charge in [0.1, 0.15) is 0 Å². The zero-order valence-electron chi connectivity index (χ0n) is 10.9. The molecule has 0 radical (unpaired) electrons. The van der Waals surface area contributed by atoms with E-state index in [1.807, 2.05) is 24.3 Å². The fourth-order valence-corrected chi connectivity index (χ4v) is 2.81. The summed E-state index contributed by atoms with van der Waals surface area (Å²) in [5.41, 5.74) is 2.49. The van der Waals surface area contributed by atoms with Crippen molar-refractivity contribution in [3.8, 4) is 0 Å². The molecular formula is C15H15BrN2O2. The average molecular weight is 335 g/mol. The van der Waals surface area contributed by atoms with E-state index in [1.54, 1.807) is 6.07 Å². The summed E-state index contributed by atoms with van der Waals surface area (Å²) in [6.45, 7) is 2.24. The number of halogens is 1. The van der Waals surface area contributed by atoms with Crippen molar-refractivity contribution in [3.05, 3.63) is 46.8 Å². The summed E-state index contributed by atoms with van der Waals surface area (Å²) in [6.07, 6.45) is 4.00. The SMILES string of the molecule is O=C(Nc1ccc(N2CCCC2)cc1)c1ccoc1Br. The molecule has 3 rings (SSSR count). The summed E-state index contributed by atoms with van der Waals surface area (Å²) < 4.78 is 5.51. The number of rotatable bonds is 3. The van der Waals surface area contributed by atoms with Gasteiger partial charge in [-0.3, -0.25) is 4.79 Å². The van der Waals surface area contributed by atoms with Gasteiger partial charge in [-0.25, -0.2) is 0 Å². The highest BCUT2D eigenvalue weighted by Crippen LogP contribution is 2.23. The predicted octanol–water partition coefficient (Wildman–Crippen LogP) is 3.89. The Morgan fingerprint density at radius 2 is 1.85 bits per heavy atom. The number of nitrogens with zero attached hydrogens (tertiary/aromatic N) is 1. The molecule has 1 aromatic heterocycles. The molecule has 104 valence electrons. The summed E-state index contributed by atoms with van der Waals surface area (Å²) in [5.74, 6) is -0.181. The molecule has 2 aromatic rings. The van der Waals surface area contributed by atoms with Crippen LogP contribution in [0.3, 0.4) is 0 Å². The highest BCUT2D eigenvalue weighted by atomic mass is 79.9. The molecule has 1 fully saturated rings. The molecule has 0 spiro atoms. The van der Waals surface area contributed by atoms with Crippen molar-refractivity contribution >= 4 is 33.2 Å². The third kappa shape index (κ3) is 2.72. The molecule has 0 saturated carbocycles. The zero-order chi connectivity index (χ0) is 13.9. The first-order valence-corrected chi connectivity index (χ1v) is 7.43. The van der Waals surface area contributed by atoms with Gasteiger partial charge in [-0.05, 0) is 59.1 Å². The standard InChI is InChI=1S/C15H15BrN2O2/c16-14-13(7-10-20-14)15(19)17-11-3-5-12(6-4-11)18-8-1-2-9-18/h3-7,10H,1-2,8-9H2,(H,17,19). The van der Waals surface area contributed by atoms with E-state index in [0.29, 0.717) is 10.2 Å². The second-order valence-corrected chi connectivity index (χ2v) is 5.52. The highest BCUT2D eigenvalue weighted by molar-refractivity contribution is 9.10. The monoisotopic (exact) mass is 334 g/mol. The Hall–Kier alpha value is -1.75. The molecule has 5 heteroatoms. The molecule has 0 unspecified atom stereocenters. The van der Waals surface area contributed by atoms with E-state index in [-0.39, 0.29) is 5.91 Å². The van der Waals surface area contributed by atoms with Gasteiger partial charge in [0.05, 0.1) is 11.8 Å². The van der Waals surface area contributed by atoms with Gasteiger partial charge in [0.2, 0.25) is 0 Å². The van der Waals surface area contributed by atoms with Crippen LogP contribution in [0.25, 0.3) is 0 Å². The number of benzene rings is 1. The Kier molecular flexibility index (Phi) is 3.78. The summed E-state index contributed by atoms with van der Waals surface area (Å²) >= 11 is 3.20. The number of carbonyl (C=O) groups excluding carboxylic acids is 1. The number of hydrogen-bond acceptors (Lipinski definition) is 3. The number of furan rings is 1. The topological polar surface area (TPSA) is 45.5 Å². The van der Waals surface area contributed by atoms with E-state index >= 15 is 0 Å². The first-order valence-electron chi connectivity index (χ1n) is 6.63. The molecule has 1 aliphatic rings. The lowest BCUT2D eigenvalue weighted by Gasteiger charge is -2.17. The van der Waals surface area contributed by atoms with Gasteiger partial charge < -0.3 is 14.6 Å². The van der Waals surface area contributed by atoms with Crippen LogP contribution >= 0.6 is 15.9 Å². The van der Waals surface area contributed by atoms with Crippen LogP contribution in [0.2, 0.25) is 0 Å². The average Bonchev–Trinajstić information content (AvgIpc) is 3.10. The smallest absolute Gasteiger partial charge is 0.260 e. The van der Waals surface area contributed by atoms with Crippen LogP contribution in [0.15, 0.2) is 45.7 Å². The Morgan fingerprint density at radius 1 is 1.15 bits per heavy atom. The van der Waals surface area contributed by atoms with Crippen molar-refractivity contribution in [1.82, 2.24) is 0 Å². The first-order chi connectivity index (χ1) is 9.74. The van der Waals surface area contributed by atoms with Crippen LogP contribution in [-0.2, 0) is 0 Å². The van der Waals surface area contributed by atoms with E-state index in [2.05, 4.69) is 26.1 Å². The van der Waals surface area contributed by atoms with Crippen molar-refractivity contribution in [1.29, 1.82) is 0 Å². The van der Waals surface area contributed by atoms with Gasteiger partial charge in [-0.2, -0.15) is 0 Å². The van der Waals surface area contributed by atoms with Gasteiger partial charge in [0.25, 0.3) is 5.91 Å². The van der Waals surface area contributed by atoms with Gasteiger partial charge in [-0.1, -0.05) is 0 Å². The van der Waals surface area contributed by atoms with Crippen LogP contribution in [0.5, 0.6) is 0 Å². The predicted molar refractivity (Wildman–Crippen MR) is 82.3 cm³/mol. The van der Waals surface area contributed by atoms with Gasteiger partial charge >= 0.3 is 0 Å². The largest absolute Gasteiger partial charge is 0.457 e. The lowest BCUT2D eigenvalue weighted by molar-refractivity contribution is 0.102. The van der Waals surface area contributed by atoms with Crippen molar-refractivity contribution in [2.75, 3.05) is 23.3 Å². The van der Waals surface area contributed by atoms with Crippen LogP contribution < -0.4 is 10.2 Å². The minimum absolute atomic E-state index is 0.181. The Labute approximate surface area is 125 Å². The Bertz CT molecular complexity index is 601. The molecule has 0 bridgehead atoms. The molecule has 20 heavy (non-hydrogen) atoms. The lowest BCUT2D eigenvalue weighted by atomic mass is 10.2. The minimum Gasteiger partial charge on any atom is -0.457 e. The zero-order valence-corrected chi connectivity index (χ0v) is 12.5. The van der Waals surface area contributed by atoms with E-state index in [4.69, 9.17) is 4.42 Å². The summed E-state index contributed by atoms with van der Waals surface area (Å²) in [6, 6.07) is 9.59. The Morgan fingerprint density at radius 3 is 2.45 bits per heavy atom. The molecule has 4 nitrogen and oxygen atoms in total. The molecule has 1 saturated heterocycles. The maximum Gasteiger partial charge on any atom is 0.260 e. The fraction of sp³-hybridized carbons (Fsp3) is 0.267. The number of carbonyl (C=O) groups is 1. The van der Waals surface area contributed by atoms with E-state index < -0.39 is 0 Å². The maximum absolute atomic E-state index is 12.0. The second-order valence-electron chi connectivity index (χ2n) is 4.80. The third-order valence-corrected chi connectivity index (χ3v) is 4.07. The highest BCUT2D eigenvalue weighted by Gasteiger charge is 2.14. The summed E-state index contributed by atoms with van der Waals surface area (Å²) in [4.78, 5) is 14.4. The molecule has 0 atom stereocenters. The molecule has 1 aromatic carbocycles. The normalized spacial score (nSPS) is 14.6. The van der Waals surface area contributed by atoms with E-state index in [0.717, 1.165) is 18.8 Å². The molecule has 0 aliphatic carbocycles. The molecule has 1 amide bonds. The van der Waals surface area contributed by atoms with Crippen LogP contribution in [0, 0.1) is 0 Å². The van der Waals surface area contributed by atoms with Crippen molar-refractivity contribution in [3.63, 3.8) is 0 Å². The van der Waals surface area contributed by atoms with Gasteiger partial charge in [0.15, 0.2) is 4.67 Å². The fourth-order valence-electron chi connectivity index (χ4n) is 2.39. The number of hydrogen-bond donors (Lipinski definition) is 1. The van der Waals surface area contributed by atoms with Crippen molar-refractivity contribution in [2.45, 2.75) is 12.8 Å². The van der Waals surface area contributed by atoms with E-state index in [1.165, 1.54) is 24.8 Å². The maximum atomic E-state index is 12.0. The summed E-state index contributed by atoms with van der Waals surface area (Å²) in [7, 11) is 0. The number of anilines is 2. The van der Waals surface area contributed by atoms with Crippen LogP contribution in [0.4, 0.5) is 11.4 Å².